The number of nitrogens with zero attached hydrogens (tertiary/aromatic N) is 3. The Hall–Kier alpha value is -2.83. The number of aryl methyl sites for hydroxylation is 2. The van der Waals surface area contributed by atoms with Crippen molar-refractivity contribution in [2.45, 2.75) is 111 Å². The molecule has 2 saturated heterocycles. The molecule has 1 spiro atoms. The van der Waals surface area contributed by atoms with Crippen LogP contribution in [0.3, 0.4) is 0 Å². The number of urea groups is 1. The molecule has 3 heterocycles. The molecule has 248 valence electrons. The van der Waals surface area contributed by atoms with Crippen LogP contribution >= 0.6 is 0 Å². The van der Waals surface area contributed by atoms with Gasteiger partial charge in [0.25, 0.3) is 11.8 Å². The summed E-state index contributed by atoms with van der Waals surface area (Å²) in [5.41, 5.74) is 1.95. The molecule has 4 amide bonds. The zero-order valence-electron chi connectivity index (χ0n) is 27.8. The molecule has 1 aromatic rings. The fourth-order valence-electron chi connectivity index (χ4n) is 6.96. The lowest BCUT2D eigenvalue weighted by molar-refractivity contribution is -0.125. The fraction of sp³-hybridized carbons (Fsp3) is 0.697. The smallest absolute Gasteiger partial charge is 0.329 e. The fourth-order valence-corrected chi connectivity index (χ4v) is 8.42. The van der Waals surface area contributed by atoms with Gasteiger partial charge in [-0.05, 0) is 114 Å². The number of amides is 4. The molecule has 1 atom stereocenters. The van der Waals surface area contributed by atoms with Gasteiger partial charge in [-0.15, -0.1) is 0 Å². The molecule has 45 heavy (non-hydrogen) atoms. The zero-order chi connectivity index (χ0) is 32.9. The lowest BCUT2D eigenvalue weighted by atomic mass is 9.73. The van der Waals surface area contributed by atoms with Crippen LogP contribution in [0.1, 0.15) is 89.8 Å². The van der Waals surface area contributed by atoms with Crippen LogP contribution in [0.25, 0.3) is 0 Å². The molecule has 4 aliphatic rings. The summed E-state index contributed by atoms with van der Waals surface area (Å²) >= 11 is 0. The Bertz CT molecular complexity index is 1470. The highest BCUT2D eigenvalue weighted by atomic mass is 32.2. The molecule has 1 aromatic carbocycles. The summed E-state index contributed by atoms with van der Waals surface area (Å²) in [7, 11) is -3.58. The summed E-state index contributed by atoms with van der Waals surface area (Å²) in [6.07, 6.45) is 5.28. The number of aliphatic imine (C=N–C) groups is 1. The first kappa shape index (κ1) is 33.5. The van der Waals surface area contributed by atoms with E-state index in [1.165, 1.54) is 4.31 Å². The van der Waals surface area contributed by atoms with E-state index in [1.54, 1.807) is 12.1 Å². The van der Waals surface area contributed by atoms with E-state index < -0.39 is 33.2 Å². The number of carbonyl (C=O) groups excluding carboxylic acids is 3. The second-order valence-electron chi connectivity index (χ2n) is 15.0. The first-order chi connectivity index (χ1) is 20.9. The molecule has 1 aliphatic carbocycles. The zero-order valence-corrected chi connectivity index (χ0v) is 28.6. The summed E-state index contributed by atoms with van der Waals surface area (Å²) in [6.45, 7) is 14.5. The molecule has 0 radical (unpaired) electrons. The minimum atomic E-state index is -3.58. The molecule has 0 aromatic heterocycles. The van der Waals surface area contributed by atoms with Gasteiger partial charge in [-0.1, -0.05) is 13.8 Å². The van der Waals surface area contributed by atoms with Gasteiger partial charge < -0.3 is 15.4 Å². The highest BCUT2D eigenvalue weighted by Crippen LogP contribution is 2.40. The maximum Gasteiger partial charge on any atom is 0.329 e. The van der Waals surface area contributed by atoms with E-state index in [9.17, 15) is 22.8 Å². The molecule has 0 bridgehead atoms. The van der Waals surface area contributed by atoms with Crippen LogP contribution in [0, 0.1) is 25.2 Å². The second kappa shape index (κ2) is 12.1. The van der Waals surface area contributed by atoms with Crippen LogP contribution in [-0.2, 0) is 30.8 Å². The van der Waals surface area contributed by atoms with Crippen molar-refractivity contribution < 1.29 is 27.5 Å². The van der Waals surface area contributed by atoms with E-state index in [0.717, 1.165) is 53.1 Å². The van der Waals surface area contributed by atoms with Gasteiger partial charge in [0.1, 0.15) is 17.4 Å². The van der Waals surface area contributed by atoms with Crippen molar-refractivity contribution in [2.24, 2.45) is 16.3 Å². The van der Waals surface area contributed by atoms with Crippen molar-refractivity contribution in [3.8, 4) is 0 Å². The Morgan fingerprint density at radius 2 is 1.60 bits per heavy atom. The van der Waals surface area contributed by atoms with Crippen molar-refractivity contribution in [1.29, 1.82) is 0 Å². The normalized spacial score (nSPS) is 24.2. The Morgan fingerprint density at radius 3 is 2.18 bits per heavy atom. The van der Waals surface area contributed by atoms with Crippen LogP contribution in [0.4, 0.5) is 10.5 Å². The number of imide groups is 1. The van der Waals surface area contributed by atoms with Gasteiger partial charge in [-0.3, -0.25) is 14.6 Å². The SMILES string of the molecule is Cc1cc(N2C(=O)NC(COC(C)(C)C)C2=O)cc(C)c1CCS(=O)(=O)N1CCC2(CC1)N=C(C1CCC(C)(C)CC1)NC2=O. The highest BCUT2D eigenvalue weighted by molar-refractivity contribution is 7.89. The van der Waals surface area contributed by atoms with Crippen molar-refractivity contribution >= 4 is 39.4 Å². The number of amidine groups is 1. The molecule has 1 unspecified atom stereocenters. The number of piperidine rings is 1. The number of ether oxygens (including phenoxy) is 1. The molecular weight excluding hydrogens is 594 g/mol. The average molecular weight is 644 g/mol. The van der Waals surface area contributed by atoms with E-state index in [1.807, 2.05) is 34.6 Å². The topological polar surface area (TPSA) is 137 Å². The maximum atomic E-state index is 13.4. The predicted molar refractivity (Wildman–Crippen MR) is 174 cm³/mol. The van der Waals surface area contributed by atoms with E-state index in [-0.39, 0.29) is 43.2 Å². The van der Waals surface area contributed by atoms with Crippen LogP contribution in [0.5, 0.6) is 0 Å². The van der Waals surface area contributed by atoms with Crippen molar-refractivity contribution in [1.82, 2.24) is 14.9 Å². The van der Waals surface area contributed by atoms with Gasteiger partial charge in [0.2, 0.25) is 10.0 Å². The van der Waals surface area contributed by atoms with Crippen molar-refractivity contribution in [2.75, 3.05) is 30.3 Å². The second-order valence-corrected chi connectivity index (χ2v) is 17.1. The van der Waals surface area contributed by atoms with Gasteiger partial charge in [0, 0.05) is 19.0 Å². The van der Waals surface area contributed by atoms with E-state index in [4.69, 9.17) is 9.73 Å². The molecule has 2 N–H and O–H groups in total. The van der Waals surface area contributed by atoms with Crippen LogP contribution < -0.4 is 15.5 Å². The molecule has 3 aliphatic heterocycles. The number of carbonyl (C=O) groups is 3. The number of anilines is 1. The standard InChI is InChI=1S/C33H49N5O6S/c1-21-18-24(38-28(39)26(34-30(38)41)20-44-31(3,4)5)19-22(2)25(21)10-17-45(42,43)37-15-13-33(14-16-37)29(40)35-27(36-33)23-8-11-32(6,7)12-9-23/h18-19,23,26H,8-17,20H2,1-7H3,(H,34,41)(H,35,36,40). The Kier molecular flexibility index (Phi) is 9.00. The number of rotatable bonds is 8. The molecule has 3 fully saturated rings. The summed E-state index contributed by atoms with van der Waals surface area (Å²) in [5, 5.41) is 5.75. The monoisotopic (exact) mass is 643 g/mol. The van der Waals surface area contributed by atoms with Crippen molar-refractivity contribution in [3.05, 3.63) is 28.8 Å². The quantitative estimate of drug-likeness (QED) is 0.411. The molecular formula is C33H49N5O6S. The lowest BCUT2D eigenvalue weighted by Crippen LogP contribution is -2.51. The Labute approximate surface area is 267 Å². The third-order valence-corrected chi connectivity index (χ3v) is 11.8. The van der Waals surface area contributed by atoms with Gasteiger partial charge in [-0.2, -0.15) is 0 Å². The first-order valence-electron chi connectivity index (χ1n) is 16.2. The number of sulfonamides is 1. The largest absolute Gasteiger partial charge is 0.373 e. The maximum absolute atomic E-state index is 13.4. The molecule has 12 heteroatoms. The first-order valence-corrected chi connectivity index (χ1v) is 17.8. The summed E-state index contributed by atoms with van der Waals surface area (Å²) < 4.78 is 34.1. The predicted octanol–water partition coefficient (Wildman–Crippen LogP) is 3.99. The minimum absolute atomic E-state index is 0.0745. The number of nitrogens with one attached hydrogen (secondary N) is 2. The van der Waals surface area contributed by atoms with E-state index in [0.29, 0.717) is 30.4 Å². The lowest BCUT2D eigenvalue weighted by Gasteiger charge is -2.35. The van der Waals surface area contributed by atoms with E-state index >= 15 is 0 Å². The number of benzene rings is 1. The summed E-state index contributed by atoms with van der Waals surface area (Å²) in [5.74, 6) is 0.515. The van der Waals surface area contributed by atoms with Crippen LogP contribution in [0.15, 0.2) is 17.1 Å². The number of hydrogen-bond acceptors (Lipinski definition) is 7. The van der Waals surface area contributed by atoms with E-state index in [2.05, 4.69) is 24.5 Å². The van der Waals surface area contributed by atoms with Crippen molar-refractivity contribution in [3.63, 3.8) is 0 Å². The third kappa shape index (κ3) is 7.12. The third-order valence-electron chi connectivity index (χ3n) is 9.92. The van der Waals surface area contributed by atoms with Gasteiger partial charge >= 0.3 is 6.03 Å². The molecule has 1 saturated carbocycles. The summed E-state index contributed by atoms with van der Waals surface area (Å²) in [4.78, 5) is 44.9. The molecule has 11 nitrogen and oxygen atoms in total. The Balaban J connectivity index is 1.20. The minimum Gasteiger partial charge on any atom is -0.373 e. The van der Waals surface area contributed by atoms with Gasteiger partial charge in [0.05, 0.1) is 23.6 Å². The van der Waals surface area contributed by atoms with Gasteiger partial charge in [-0.25, -0.2) is 22.4 Å². The number of hydrogen-bond donors (Lipinski definition) is 2. The molecule has 5 rings (SSSR count). The Morgan fingerprint density at radius 1 is 1.00 bits per heavy atom. The van der Waals surface area contributed by atoms with Crippen LogP contribution in [0.2, 0.25) is 0 Å². The summed E-state index contributed by atoms with van der Waals surface area (Å²) in [6, 6.07) is 2.24. The average Bonchev–Trinajstić information content (AvgIpc) is 3.40. The van der Waals surface area contributed by atoms with Crippen LogP contribution in [-0.4, -0.2) is 79.0 Å². The van der Waals surface area contributed by atoms with Gasteiger partial charge in [0.15, 0.2) is 0 Å². The highest BCUT2D eigenvalue weighted by Gasteiger charge is 2.49.